The van der Waals surface area contributed by atoms with Crippen molar-refractivity contribution in [2.45, 2.75) is 45.9 Å². The molecule has 6 heteroatoms. The topological polar surface area (TPSA) is 54.0 Å². The Morgan fingerprint density at radius 3 is 2.78 bits per heavy atom. The van der Waals surface area contributed by atoms with Gasteiger partial charge in [0, 0.05) is 38.8 Å². The van der Waals surface area contributed by atoms with Gasteiger partial charge in [-0.3, -0.25) is 14.6 Å². The van der Waals surface area contributed by atoms with Crippen molar-refractivity contribution in [2.24, 2.45) is 5.92 Å². The zero-order valence-corrected chi connectivity index (χ0v) is 15.1. The van der Waals surface area contributed by atoms with Gasteiger partial charge in [-0.05, 0) is 19.8 Å². The smallest absolute Gasteiger partial charge is 0.234 e. The van der Waals surface area contributed by atoms with Crippen LogP contribution in [0.15, 0.2) is 0 Å². The van der Waals surface area contributed by atoms with E-state index >= 15 is 0 Å². The fourth-order valence-corrected chi connectivity index (χ4v) is 3.25. The second-order valence-corrected chi connectivity index (χ2v) is 7.37. The van der Waals surface area contributed by atoms with Gasteiger partial charge in [0.25, 0.3) is 0 Å². The van der Waals surface area contributed by atoms with Crippen LogP contribution in [0.3, 0.4) is 0 Å². The summed E-state index contributed by atoms with van der Waals surface area (Å²) in [6, 6.07) is 0.296. The lowest BCUT2D eigenvalue weighted by Gasteiger charge is -2.36. The molecule has 0 aliphatic carbocycles. The Hall–Kier alpha value is -0.690. The maximum Gasteiger partial charge on any atom is 0.234 e. The molecule has 0 saturated carbocycles. The van der Waals surface area contributed by atoms with E-state index in [-0.39, 0.29) is 18.1 Å². The molecule has 2 aliphatic heterocycles. The van der Waals surface area contributed by atoms with E-state index in [0.29, 0.717) is 31.7 Å². The number of rotatable bonds is 6. The fourth-order valence-electron chi connectivity index (χ4n) is 3.25. The lowest BCUT2D eigenvalue weighted by atomic mass is 10.2. The predicted octanol–water partition coefficient (Wildman–Crippen LogP) is 0.569. The summed E-state index contributed by atoms with van der Waals surface area (Å²) in [5.41, 5.74) is 0. The molecule has 1 amide bonds. The van der Waals surface area contributed by atoms with E-state index in [2.05, 4.69) is 42.8 Å². The van der Waals surface area contributed by atoms with E-state index in [1.165, 1.54) is 0 Å². The zero-order valence-electron chi connectivity index (χ0n) is 15.1. The first-order chi connectivity index (χ1) is 10.9. The van der Waals surface area contributed by atoms with Crippen molar-refractivity contribution in [1.82, 2.24) is 15.1 Å². The van der Waals surface area contributed by atoms with Crippen LogP contribution >= 0.6 is 0 Å². The highest BCUT2D eigenvalue weighted by Gasteiger charge is 2.26. The van der Waals surface area contributed by atoms with Gasteiger partial charge in [0.2, 0.25) is 5.91 Å². The first-order valence-corrected chi connectivity index (χ1v) is 8.90. The quantitative estimate of drug-likeness (QED) is 0.773. The maximum absolute atomic E-state index is 12.2. The lowest BCUT2D eigenvalue weighted by molar-refractivity contribution is -0.127. The second kappa shape index (κ2) is 8.97. The third-order valence-corrected chi connectivity index (χ3v) is 4.46. The monoisotopic (exact) mass is 327 g/mol. The average molecular weight is 327 g/mol. The van der Waals surface area contributed by atoms with Crippen molar-refractivity contribution in [2.75, 3.05) is 52.5 Å². The molecular formula is C17H33N3O3. The number of carbonyl (C=O) groups is 1. The van der Waals surface area contributed by atoms with Crippen LogP contribution in [0.25, 0.3) is 0 Å². The number of amides is 1. The summed E-state index contributed by atoms with van der Waals surface area (Å²) in [4.78, 5) is 16.8. The largest absolute Gasteiger partial charge is 0.376 e. The Bertz CT molecular complexity index is 378. The Morgan fingerprint density at radius 2 is 2.04 bits per heavy atom. The summed E-state index contributed by atoms with van der Waals surface area (Å²) >= 11 is 0. The highest BCUT2D eigenvalue weighted by molar-refractivity contribution is 5.78. The Kier molecular flexibility index (Phi) is 7.27. The summed E-state index contributed by atoms with van der Waals surface area (Å²) in [6.45, 7) is 14.9. The van der Waals surface area contributed by atoms with Crippen molar-refractivity contribution in [1.29, 1.82) is 0 Å². The van der Waals surface area contributed by atoms with Crippen LogP contribution < -0.4 is 5.32 Å². The molecule has 6 nitrogen and oxygen atoms in total. The highest BCUT2D eigenvalue weighted by Crippen LogP contribution is 2.11. The molecule has 0 radical (unpaired) electrons. The SMILES string of the molecule is CC(C)CN1CCOC(CNC(=O)CN2CC(C)OCC2C)C1. The number of nitrogens with zero attached hydrogens (tertiary/aromatic N) is 2. The lowest BCUT2D eigenvalue weighted by Crippen LogP contribution is -2.52. The number of ether oxygens (including phenoxy) is 2. The molecule has 2 rings (SSSR count). The molecular weight excluding hydrogens is 294 g/mol. The van der Waals surface area contributed by atoms with E-state index < -0.39 is 0 Å². The number of carbonyl (C=O) groups excluding carboxylic acids is 1. The third kappa shape index (κ3) is 6.37. The first-order valence-electron chi connectivity index (χ1n) is 8.90. The number of morpholine rings is 2. The molecule has 0 spiro atoms. The van der Waals surface area contributed by atoms with Crippen LogP contribution in [-0.2, 0) is 14.3 Å². The molecule has 0 aromatic carbocycles. The molecule has 134 valence electrons. The van der Waals surface area contributed by atoms with Gasteiger partial charge in [-0.25, -0.2) is 0 Å². The van der Waals surface area contributed by atoms with E-state index in [0.717, 1.165) is 32.8 Å². The zero-order chi connectivity index (χ0) is 16.8. The minimum absolute atomic E-state index is 0.0792. The van der Waals surface area contributed by atoms with Crippen molar-refractivity contribution in [3.05, 3.63) is 0 Å². The summed E-state index contributed by atoms with van der Waals surface area (Å²) in [5, 5.41) is 3.04. The van der Waals surface area contributed by atoms with Crippen LogP contribution in [0.1, 0.15) is 27.7 Å². The molecule has 2 fully saturated rings. The predicted molar refractivity (Wildman–Crippen MR) is 90.5 cm³/mol. The standard InChI is InChI=1S/C17H33N3O3/c1-13(2)8-19-5-6-22-16(10-19)7-18-17(21)11-20-9-15(4)23-12-14(20)3/h13-16H,5-12H2,1-4H3,(H,18,21). The van der Waals surface area contributed by atoms with Crippen molar-refractivity contribution in [3.8, 4) is 0 Å². The van der Waals surface area contributed by atoms with Gasteiger partial charge < -0.3 is 14.8 Å². The molecule has 1 N–H and O–H groups in total. The first kappa shape index (κ1) is 18.6. The number of nitrogens with one attached hydrogen (secondary N) is 1. The van der Waals surface area contributed by atoms with Gasteiger partial charge in [-0.2, -0.15) is 0 Å². The molecule has 0 bridgehead atoms. The Morgan fingerprint density at radius 1 is 1.26 bits per heavy atom. The average Bonchev–Trinajstić information content (AvgIpc) is 2.49. The van der Waals surface area contributed by atoms with Gasteiger partial charge in [0.05, 0.1) is 32.0 Å². The van der Waals surface area contributed by atoms with Crippen LogP contribution in [0.2, 0.25) is 0 Å². The van der Waals surface area contributed by atoms with Gasteiger partial charge in [0.1, 0.15) is 0 Å². The normalized spacial score (nSPS) is 30.6. The molecule has 2 heterocycles. The fraction of sp³-hybridized carbons (Fsp3) is 0.941. The number of hydrogen-bond donors (Lipinski definition) is 1. The van der Waals surface area contributed by atoms with E-state index in [4.69, 9.17) is 9.47 Å². The molecule has 2 aliphatic rings. The maximum atomic E-state index is 12.2. The van der Waals surface area contributed by atoms with E-state index in [1.807, 2.05) is 0 Å². The van der Waals surface area contributed by atoms with Crippen molar-refractivity contribution >= 4 is 5.91 Å². The van der Waals surface area contributed by atoms with E-state index in [1.54, 1.807) is 0 Å². The van der Waals surface area contributed by atoms with Gasteiger partial charge in [-0.1, -0.05) is 13.8 Å². The summed E-state index contributed by atoms with van der Waals surface area (Å²) in [6.07, 6.45) is 0.303. The van der Waals surface area contributed by atoms with Crippen LogP contribution in [0.5, 0.6) is 0 Å². The van der Waals surface area contributed by atoms with Crippen molar-refractivity contribution < 1.29 is 14.3 Å². The summed E-state index contributed by atoms with van der Waals surface area (Å²) in [5.74, 6) is 0.740. The summed E-state index contributed by atoms with van der Waals surface area (Å²) in [7, 11) is 0. The highest BCUT2D eigenvalue weighted by atomic mass is 16.5. The van der Waals surface area contributed by atoms with Crippen LogP contribution in [0.4, 0.5) is 0 Å². The second-order valence-electron chi connectivity index (χ2n) is 7.37. The van der Waals surface area contributed by atoms with Crippen molar-refractivity contribution in [3.63, 3.8) is 0 Å². The molecule has 23 heavy (non-hydrogen) atoms. The van der Waals surface area contributed by atoms with Gasteiger partial charge in [-0.15, -0.1) is 0 Å². The van der Waals surface area contributed by atoms with E-state index in [9.17, 15) is 4.79 Å². The molecule has 3 atom stereocenters. The van der Waals surface area contributed by atoms with Gasteiger partial charge >= 0.3 is 0 Å². The van der Waals surface area contributed by atoms with Gasteiger partial charge in [0.15, 0.2) is 0 Å². The molecule has 3 unspecified atom stereocenters. The minimum atomic E-state index is 0.0792. The Labute approximate surface area is 140 Å². The summed E-state index contributed by atoms with van der Waals surface area (Å²) < 4.78 is 11.4. The molecule has 0 aromatic rings. The number of hydrogen-bond acceptors (Lipinski definition) is 5. The Balaban J connectivity index is 1.69. The minimum Gasteiger partial charge on any atom is -0.376 e. The molecule has 0 aromatic heterocycles. The molecule has 2 saturated heterocycles. The van der Waals surface area contributed by atoms with Crippen LogP contribution in [-0.4, -0.2) is 86.4 Å². The third-order valence-electron chi connectivity index (χ3n) is 4.46. The van der Waals surface area contributed by atoms with Crippen LogP contribution in [0, 0.1) is 5.92 Å².